The van der Waals surface area contributed by atoms with Crippen LogP contribution in [-0.2, 0) is 9.59 Å². The standard InChI is InChI=1S/C20H17N3O3/c1-26-18-12-5-3-8-15(18)13-21-23-20(25)19(24)22-17-11-6-9-14-7-2-4-10-16(14)17/h2-13H,1H3,(H,22,24)(H,23,25)/b21-13+. The summed E-state index contributed by atoms with van der Waals surface area (Å²) in [4.78, 5) is 24.1. The molecule has 130 valence electrons. The number of para-hydroxylation sites is 1. The van der Waals surface area contributed by atoms with Crippen molar-refractivity contribution >= 4 is 34.5 Å². The van der Waals surface area contributed by atoms with E-state index in [0.717, 1.165) is 10.8 Å². The van der Waals surface area contributed by atoms with Gasteiger partial charge in [-0.1, -0.05) is 48.5 Å². The Morgan fingerprint density at radius 3 is 2.50 bits per heavy atom. The number of rotatable bonds is 4. The molecule has 0 unspecified atom stereocenters. The number of fused-ring (bicyclic) bond motifs is 1. The van der Waals surface area contributed by atoms with Crippen LogP contribution < -0.4 is 15.5 Å². The monoisotopic (exact) mass is 347 g/mol. The fourth-order valence-electron chi connectivity index (χ4n) is 2.50. The summed E-state index contributed by atoms with van der Waals surface area (Å²) in [6.07, 6.45) is 1.42. The molecule has 0 aliphatic heterocycles. The Hall–Kier alpha value is -3.67. The number of hydrogen-bond acceptors (Lipinski definition) is 4. The number of ether oxygens (including phenoxy) is 1. The first-order valence-corrected chi connectivity index (χ1v) is 7.94. The predicted octanol–water partition coefficient (Wildman–Crippen LogP) is 2.94. The summed E-state index contributed by atoms with van der Waals surface area (Å²) in [7, 11) is 1.54. The first kappa shape index (κ1) is 17.2. The number of carbonyl (C=O) groups excluding carboxylic acids is 2. The Balaban J connectivity index is 1.66. The number of amides is 2. The Morgan fingerprint density at radius 1 is 0.923 bits per heavy atom. The van der Waals surface area contributed by atoms with Gasteiger partial charge in [-0.15, -0.1) is 0 Å². The number of carbonyl (C=O) groups is 2. The van der Waals surface area contributed by atoms with Crippen molar-refractivity contribution < 1.29 is 14.3 Å². The Bertz CT molecular complexity index is 977. The number of benzene rings is 3. The van der Waals surface area contributed by atoms with Gasteiger partial charge in [0.2, 0.25) is 0 Å². The van der Waals surface area contributed by atoms with Crippen LogP contribution in [0.4, 0.5) is 5.69 Å². The lowest BCUT2D eigenvalue weighted by atomic mass is 10.1. The van der Waals surface area contributed by atoms with Crippen molar-refractivity contribution in [1.82, 2.24) is 5.43 Å². The van der Waals surface area contributed by atoms with Crippen LogP contribution >= 0.6 is 0 Å². The van der Waals surface area contributed by atoms with E-state index in [2.05, 4.69) is 15.8 Å². The highest BCUT2D eigenvalue weighted by molar-refractivity contribution is 6.40. The number of hydrazone groups is 1. The maximum Gasteiger partial charge on any atom is 0.329 e. The van der Waals surface area contributed by atoms with Crippen LogP contribution in [0.25, 0.3) is 10.8 Å². The molecule has 0 aromatic heterocycles. The van der Waals surface area contributed by atoms with Crippen LogP contribution in [-0.4, -0.2) is 25.1 Å². The molecule has 0 saturated carbocycles. The van der Waals surface area contributed by atoms with E-state index in [9.17, 15) is 9.59 Å². The molecule has 0 radical (unpaired) electrons. The maximum absolute atomic E-state index is 12.1. The van der Waals surface area contributed by atoms with E-state index >= 15 is 0 Å². The minimum absolute atomic E-state index is 0.567. The lowest BCUT2D eigenvalue weighted by Crippen LogP contribution is -2.32. The third kappa shape index (κ3) is 3.87. The van der Waals surface area contributed by atoms with Gasteiger partial charge in [0, 0.05) is 16.6 Å². The van der Waals surface area contributed by atoms with Crippen LogP contribution in [0.5, 0.6) is 5.75 Å². The molecule has 6 nitrogen and oxygen atoms in total. The van der Waals surface area contributed by atoms with Crippen molar-refractivity contribution in [2.24, 2.45) is 5.10 Å². The average molecular weight is 347 g/mol. The molecule has 0 spiro atoms. The number of methoxy groups -OCH3 is 1. The van der Waals surface area contributed by atoms with Crippen LogP contribution in [0, 0.1) is 0 Å². The summed E-state index contributed by atoms with van der Waals surface area (Å²) in [6, 6.07) is 20.3. The molecule has 0 aliphatic rings. The quantitative estimate of drug-likeness (QED) is 0.433. The maximum atomic E-state index is 12.1. The summed E-state index contributed by atoms with van der Waals surface area (Å²) in [5.74, 6) is -1.03. The van der Waals surface area contributed by atoms with Crippen molar-refractivity contribution in [3.63, 3.8) is 0 Å². The molecule has 2 N–H and O–H groups in total. The molecule has 0 fully saturated rings. The first-order valence-electron chi connectivity index (χ1n) is 7.94. The van der Waals surface area contributed by atoms with Gasteiger partial charge >= 0.3 is 11.8 Å². The SMILES string of the molecule is COc1ccccc1/C=N/NC(=O)C(=O)Nc1cccc2ccccc12. The van der Waals surface area contributed by atoms with Gasteiger partial charge in [0.15, 0.2) is 0 Å². The first-order chi connectivity index (χ1) is 12.7. The zero-order chi connectivity index (χ0) is 18.4. The molecule has 6 heteroatoms. The highest BCUT2D eigenvalue weighted by atomic mass is 16.5. The molecule has 2 amide bonds. The molecule has 3 rings (SSSR count). The molecule has 3 aromatic rings. The van der Waals surface area contributed by atoms with E-state index in [0.29, 0.717) is 17.0 Å². The number of nitrogens with zero attached hydrogens (tertiary/aromatic N) is 1. The predicted molar refractivity (Wildman–Crippen MR) is 101 cm³/mol. The molecule has 0 heterocycles. The van der Waals surface area contributed by atoms with Crippen molar-refractivity contribution in [2.75, 3.05) is 12.4 Å². The third-order valence-electron chi connectivity index (χ3n) is 3.75. The fraction of sp³-hybridized carbons (Fsp3) is 0.0500. The van der Waals surface area contributed by atoms with Crippen molar-refractivity contribution in [3.8, 4) is 5.75 Å². The van der Waals surface area contributed by atoms with E-state index in [1.807, 2.05) is 48.5 Å². The van der Waals surface area contributed by atoms with E-state index in [4.69, 9.17) is 4.74 Å². The topological polar surface area (TPSA) is 79.8 Å². The fourth-order valence-corrected chi connectivity index (χ4v) is 2.50. The number of anilines is 1. The van der Waals surface area contributed by atoms with Crippen LogP contribution in [0.2, 0.25) is 0 Å². The second-order valence-corrected chi connectivity index (χ2v) is 5.42. The second kappa shape index (κ2) is 7.94. The molecule has 0 saturated heterocycles. The lowest BCUT2D eigenvalue weighted by molar-refractivity contribution is -0.136. The molecule has 0 bridgehead atoms. The highest BCUT2D eigenvalue weighted by Gasteiger charge is 2.14. The summed E-state index contributed by atoms with van der Waals surface area (Å²) < 4.78 is 5.19. The largest absolute Gasteiger partial charge is 0.496 e. The Kier molecular flexibility index (Phi) is 5.24. The van der Waals surface area contributed by atoms with Gasteiger partial charge < -0.3 is 10.1 Å². The van der Waals surface area contributed by atoms with Gasteiger partial charge in [-0.05, 0) is 23.6 Å². The molecular formula is C20H17N3O3. The minimum atomic E-state index is -0.857. The zero-order valence-corrected chi connectivity index (χ0v) is 14.1. The van der Waals surface area contributed by atoms with Crippen LogP contribution in [0.1, 0.15) is 5.56 Å². The van der Waals surface area contributed by atoms with Gasteiger partial charge in [-0.25, -0.2) is 5.43 Å². The number of nitrogens with one attached hydrogen (secondary N) is 2. The number of hydrogen-bond donors (Lipinski definition) is 2. The molecule has 0 aliphatic carbocycles. The summed E-state index contributed by atoms with van der Waals surface area (Å²) in [5, 5.41) is 8.24. The van der Waals surface area contributed by atoms with E-state index < -0.39 is 11.8 Å². The molecule has 0 atom stereocenters. The Labute approximate surface area is 150 Å². The normalized spacial score (nSPS) is 10.7. The van der Waals surface area contributed by atoms with Crippen LogP contribution in [0.3, 0.4) is 0 Å². The third-order valence-corrected chi connectivity index (χ3v) is 3.75. The van der Waals surface area contributed by atoms with E-state index in [1.54, 1.807) is 25.3 Å². The van der Waals surface area contributed by atoms with Crippen molar-refractivity contribution in [2.45, 2.75) is 0 Å². The highest BCUT2D eigenvalue weighted by Crippen LogP contribution is 2.22. The smallest absolute Gasteiger partial charge is 0.329 e. The van der Waals surface area contributed by atoms with Gasteiger partial charge in [-0.2, -0.15) is 5.10 Å². The summed E-state index contributed by atoms with van der Waals surface area (Å²) in [6.45, 7) is 0. The van der Waals surface area contributed by atoms with Crippen molar-refractivity contribution in [3.05, 3.63) is 72.3 Å². The van der Waals surface area contributed by atoms with Gasteiger partial charge in [0.1, 0.15) is 5.75 Å². The summed E-state index contributed by atoms with van der Waals surface area (Å²) in [5.41, 5.74) is 3.47. The molecular weight excluding hydrogens is 330 g/mol. The van der Waals surface area contributed by atoms with Gasteiger partial charge in [0.05, 0.1) is 13.3 Å². The van der Waals surface area contributed by atoms with Gasteiger partial charge in [0.25, 0.3) is 0 Å². The van der Waals surface area contributed by atoms with Crippen LogP contribution in [0.15, 0.2) is 71.8 Å². The van der Waals surface area contributed by atoms with Gasteiger partial charge in [-0.3, -0.25) is 9.59 Å². The Morgan fingerprint density at radius 2 is 1.65 bits per heavy atom. The van der Waals surface area contributed by atoms with E-state index in [-0.39, 0.29) is 0 Å². The zero-order valence-electron chi connectivity index (χ0n) is 14.1. The molecule has 3 aromatic carbocycles. The summed E-state index contributed by atoms with van der Waals surface area (Å²) >= 11 is 0. The minimum Gasteiger partial charge on any atom is -0.496 e. The lowest BCUT2D eigenvalue weighted by Gasteiger charge is -2.07. The van der Waals surface area contributed by atoms with E-state index in [1.165, 1.54) is 6.21 Å². The molecule has 26 heavy (non-hydrogen) atoms. The average Bonchev–Trinajstić information content (AvgIpc) is 2.68. The van der Waals surface area contributed by atoms with Crippen molar-refractivity contribution in [1.29, 1.82) is 0 Å². The second-order valence-electron chi connectivity index (χ2n) is 5.42.